The molecule has 0 amide bonds. The third-order valence-corrected chi connectivity index (χ3v) is 6.23. The highest BCUT2D eigenvalue weighted by Gasteiger charge is 2.08. The molecule has 7 heteroatoms. The molecule has 2 aromatic heterocycles. The summed E-state index contributed by atoms with van der Waals surface area (Å²) in [4.78, 5) is 18.8. The Hall–Kier alpha value is -4.81. The minimum absolute atomic E-state index is 0.398. The lowest BCUT2D eigenvalue weighted by Gasteiger charge is -2.08. The second-order valence-corrected chi connectivity index (χ2v) is 9.03. The molecule has 0 radical (unpaired) electrons. The van der Waals surface area contributed by atoms with Crippen molar-refractivity contribution in [2.24, 2.45) is 5.16 Å². The first kappa shape index (κ1) is 25.8. The Morgan fingerprint density at radius 3 is 2.49 bits per heavy atom. The van der Waals surface area contributed by atoms with Gasteiger partial charge in [0, 0.05) is 16.8 Å². The molecule has 5 rings (SSSR count). The highest BCUT2D eigenvalue weighted by atomic mass is 35.5. The molecular weight excluding hydrogens is 508 g/mol. The molecule has 0 atom stereocenters. The van der Waals surface area contributed by atoms with E-state index in [4.69, 9.17) is 21.2 Å². The molecule has 0 N–H and O–H groups in total. The summed E-state index contributed by atoms with van der Waals surface area (Å²) in [5.74, 6) is 1.15. The molecule has 6 nitrogen and oxygen atoms in total. The summed E-state index contributed by atoms with van der Waals surface area (Å²) in [7, 11) is 0. The van der Waals surface area contributed by atoms with Crippen LogP contribution >= 0.6 is 11.6 Å². The van der Waals surface area contributed by atoms with Gasteiger partial charge in [-0.05, 0) is 72.7 Å². The Bertz CT molecular complexity index is 1640. The topological polar surface area (TPSA) is 69.5 Å². The van der Waals surface area contributed by atoms with Crippen LogP contribution < -0.4 is 9.57 Å². The molecule has 192 valence electrons. The highest BCUT2D eigenvalue weighted by molar-refractivity contribution is 6.31. The van der Waals surface area contributed by atoms with Crippen molar-refractivity contribution >= 4 is 40.4 Å². The van der Waals surface area contributed by atoms with Crippen LogP contribution in [0.2, 0.25) is 5.02 Å². The lowest BCUT2D eigenvalue weighted by atomic mass is 10.1. The number of oxime groups is 1. The van der Waals surface area contributed by atoms with Crippen LogP contribution in [0.25, 0.3) is 23.1 Å². The fourth-order valence-corrected chi connectivity index (χ4v) is 4.00. The minimum atomic E-state index is 0.398. The first-order chi connectivity index (χ1) is 19.2. The normalized spacial score (nSPS) is 11.9. The summed E-state index contributed by atoms with van der Waals surface area (Å²) in [6.45, 7) is 2.39. The van der Waals surface area contributed by atoms with Gasteiger partial charge in [-0.15, -0.1) is 0 Å². The van der Waals surface area contributed by atoms with Crippen LogP contribution in [0.1, 0.15) is 22.4 Å². The third-order valence-electron chi connectivity index (χ3n) is 5.87. The molecule has 0 aliphatic carbocycles. The molecular formula is C32H25ClN4O2. The molecule has 2 heterocycles. The van der Waals surface area contributed by atoms with Crippen LogP contribution in [0.5, 0.6) is 11.6 Å². The number of fused-ring (bicyclic) bond motifs is 1. The van der Waals surface area contributed by atoms with Gasteiger partial charge < -0.3 is 9.57 Å². The molecule has 0 saturated heterocycles. The summed E-state index contributed by atoms with van der Waals surface area (Å²) < 4.78 is 5.89. The van der Waals surface area contributed by atoms with Gasteiger partial charge >= 0.3 is 0 Å². The Kier molecular flexibility index (Phi) is 8.36. The van der Waals surface area contributed by atoms with Gasteiger partial charge in [0.05, 0.1) is 16.6 Å². The van der Waals surface area contributed by atoms with Crippen molar-refractivity contribution in [1.29, 1.82) is 0 Å². The fraction of sp³-hybridized carbons (Fsp3) is 0.0625. The van der Waals surface area contributed by atoms with Gasteiger partial charge in [0.2, 0.25) is 0 Å². The second-order valence-electron chi connectivity index (χ2n) is 8.63. The lowest BCUT2D eigenvalue weighted by molar-refractivity contribution is 0.306. The van der Waals surface area contributed by atoms with E-state index >= 15 is 0 Å². The summed E-state index contributed by atoms with van der Waals surface area (Å²) in [5, 5.41) is 5.91. The molecule has 39 heavy (non-hydrogen) atoms. The third kappa shape index (κ3) is 6.94. The van der Waals surface area contributed by atoms with Crippen LogP contribution in [0.15, 0.2) is 115 Å². The first-order valence-electron chi connectivity index (χ1n) is 12.3. The molecule has 0 unspecified atom stereocenters. The van der Waals surface area contributed by atoms with E-state index in [1.54, 1.807) is 6.20 Å². The zero-order valence-corrected chi connectivity index (χ0v) is 22.0. The average Bonchev–Trinajstić information content (AvgIpc) is 2.97. The summed E-state index contributed by atoms with van der Waals surface area (Å²) in [6.07, 6.45) is 10.8. The summed E-state index contributed by atoms with van der Waals surface area (Å²) in [5.41, 5.74) is 5.11. The molecule has 0 saturated carbocycles. The zero-order valence-electron chi connectivity index (χ0n) is 21.2. The van der Waals surface area contributed by atoms with Crippen molar-refractivity contribution in [3.63, 3.8) is 0 Å². The molecule has 3 aromatic carbocycles. The number of allylic oxidation sites excluding steroid dienone is 2. The minimum Gasteiger partial charge on any atom is -0.489 e. The maximum absolute atomic E-state index is 6.23. The van der Waals surface area contributed by atoms with E-state index in [1.807, 2.05) is 116 Å². The molecule has 0 spiro atoms. The second kappa shape index (κ2) is 12.6. The Balaban J connectivity index is 1.34. The van der Waals surface area contributed by atoms with E-state index in [0.29, 0.717) is 23.2 Å². The van der Waals surface area contributed by atoms with Gasteiger partial charge in [0.15, 0.2) is 0 Å². The number of hydrogen-bond acceptors (Lipinski definition) is 6. The Morgan fingerprint density at radius 1 is 0.846 bits per heavy atom. The maximum Gasteiger partial charge on any atom is 0.259 e. The van der Waals surface area contributed by atoms with Gasteiger partial charge in [0.1, 0.15) is 24.4 Å². The van der Waals surface area contributed by atoms with Crippen molar-refractivity contribution in [2.75, 3.05) is 0 Å². The van der Waals surface area contributed by atoms with Crippen LogP contribution in [0.3, 0.4) is 0 Å². The Morgan fingerprint density at radius 2 is 1.67 bits per heavy atom. The van der Waals surface area contributed by atoms with Crippen LogP contribution in [0, 0.1) is 6.92 Å². The van der Waals surface area contributed by atoms with Crippen molar-refractivity contribution in [2.45, 2.75) is 13.5 Å². The number of aromatic nitrogens is 3. The number of aryl methyl sites for hydroxylation is 1. The van der Waals surface area contributed by atoms with Crippen LogP contribution in [-0.4, -0.2) is 20.7 Å². The largest absolute Gasteiger partial charge is 0.489 e. The molecule has 5 aromatic rings. The monoisotopic (exact) mass is 532 g/mol. The van der Waals surface area contributed by atoms with Crippen molar-refractivity contribution in [1.82, 2.24) is 15.0 Å². The van der Waals surface area contributed by atoms with Gasteiger partial charge in [0.25, 0.3) is 5.88 Å². The summed E-state index contributed by atoms with van der Waals surface area (Å²) in [6, 6.07) is 27.0. The van der Waals surface area contributed by atoms with E-state index < -0.39 is 0 Å². The number of ether oxygens (including phenoxy) is 1. The average molecular weight is 533 g/mol. The van der Waals surface area contributed by atoms with Crippen LogP contribution in [-0.2, 0) is 6.61 Å². The van der Waals surface area contributed by atoms with E-state index in [2.05, 4.69) is 20.1 Å². The van der Waals surface area contributed by atoms with Crippen molar-refractivity contribution in [3.8, 4) is 11.6 Å². The van der Waals surface area contributed by atoms with Gasteiger partial charge in [-0.2, -0.15) is 4.98 Å². The quantitative estimate of drug-likeness (QED) is 0.143. The van der Waals surface area contributed by atoms with E-state index in [9.17, 15) is 0 Å². The number of halogens is 1. The van der Waals surface area contributed by atoms with Crippen molar-refractivity contribution < 1.29 is 9.57 Å². The predicted molar refractivity (Wildman–Crippen MR) is 157 cm³/mol. The maximum atomic E-state index is 6.23. The van der Waals surface area contributed by atoms with E-state index in [1.165, 1.54) is 6.33 Å². The molecule has 0 fully saturated rings. The zero-order chi connectivity index (χ0) is 26.9. The predicted octanol–water partition coefficient (Wildman–Crippen LogP) is 7.73. The van der Waals surface area contributed by atoms with Gasteiger partial charge in [-0.25, -0.2) is 4.98 Å². The number of benzene rings is 3. The first-order valence-corrected chi connectivity index (χ1v) is 12.7. The summed E-state index contributed by atoms with van der Waals surface area (Å²) >= 11 is 6.23. The van der Waals surface area contributed by atoms with Gasteiger partial charge in [-0.1, -0.05) is 71.4 Å². The van der Waals surface area contributed by atoms with E-state index in [-0.39, 0.29) is 0 Å². The van der Waals surface area contributed by atoms with Gasteiger partial charge in [-0.3, -0.25) is 4.98 Å². The SMILES string of the molecule is Cc1cccc2ncnc(O/N=C(/C=C/c3ccc(OCc4ccccc4Cl)cc3)\C=C\c3ccccn3)c12. The highest BCUT2D eigenvalue weighted by Crippen LogP contribution is 2.25. The molecule has 0 aliphatic rings. The van der Waals surface area contributed by atoms with E-state index in [0.717, 1.165) is 39.0 Å². The molecule has 0 aliphatic heterocycles. The number of rotatable bonds is 9. The smallest absolute Gasteiger partial charge is 0.259 e. The van der Waals surface area contributed by atoms with Crippen molar-refractivity contribution in [3.05, 3.63) is 137 Å². The van der Waals surface area contributed by atoms with Crippen LogP contribution in [0.4, 0.5) is 0 Å². The fourth-order valence-electron chi connectivity index (χ4n) is 3.81. The standard InChI is InChI=1S/C32H25ClN4O2/c1-23-7-6-11-30-31(23)32(36-22-35-30)39-37-27(17-16-26-9-4-5-20-34-26)15-12-24-13-18-28(19-14-24)38-21-25-8-2-3-10-29(25)33/h2-20,22H,21H2,1H3/b15-12+,17-16+,37-27-. The number of hydrogen-bond donors (Lipinski definition) is 0. The number of nitrogens with zero attached hydrogens (tertiary/aromatic N) is 4. The number of pyridine rings is 1. The lowest BCUT2D eigenvalue weighted by Crippen LogP contribution is -1.97. The molecule has 0 bridgehead atoms. The Labute approximate surface area is 231 Å².